The second-order valence-electron chi connectivity index (χ2n) is 25.5. The van der Waals surface area contributed by atoms with Crippen molar-refractivity contribution in [3.8, 4) is 34.0 Å². The Hall–Kier alpha value is -4.69. The summed E-state index contributed by atoms with van der Waals surface area (Å²) in [5.41, 5.74) is 2.22. The number of hydrogen-bond acceptors (Lipinski definition) is 12. The molecule has 22 heteroatoms. The normalized spacial score (nSPS) is 19.6. The Morgan fingerprint density at radius 2 is 0.849 bits per heavy atom. The topological polar surface area (TPSA) is 126 Å². The smallest absolute Gasteiger partial charge is 0.486 e. The van der Waals surface area contributed by atoms with Crippen molar-refractivity contribution in [2.75, 3.05) is 0 Å². The number of ether oxygens (including phenoxy) is 2. The highest BCUT2D eigenvalue weighted by molar-refractivity contribution is 9.10. The van der Waals surface area contributed by atoms with Crippen LogP contribution in [0.5, 0.6) is 11.5 Å². The van der Waals surface area contributed by atoms with Crippen LogP contribution in [0.25, 0.3) is 44.1 Å². The Bertz CT molecular complexity index is 3770. The van der Waals surface area contributed by atoms with E-state index >= 15 is 8.78 Å². The molecule has 5 heterocycles. The zero-order chi connectivity index (χ0) is 61.6. The van der Waals surface area contributed by atoms with Crippen molar-refractivity contribution in [2.24, 2.45) is 0 Å². The van der Waals surface area contributed by atoms with Gasteiger partial charge in [0.15, 0.2) is 23.1 Å². The van der Waals surface area contributed by atoms with E-state index in [2.05, 4.69) is 26.2 Å². The van der Waals surface area contributed by atoms with Gasteiger partial charge >= 0.3 is 21.1 Å². The third kappa shape index (κ3) is 12.4. The van der Waals surface area contributed by atoms with E-state index in [1.165, 1.54) is 0 Å². The number of fused-ring (bicyclic) bond motifs is 2. The lowest BCUT2D eigenvalue weighted by molar-refractivity contribution is 0.00578. The van der Waals surface area contributed by atoms with Crippen molar-refractivity contribution in [1.82, 2.24) is 10.3 Å². The minimum Gasteiger partial charge on any atom is -0.486 e. The first kappa shape index (κ1) is 62.9. The van der Waals surface area contributed by atoms with Gasteiger partial charge in [-0.2, -0.15) is 0 Å². The van der Waals surface area contributed by atoms with Crippen molar-refractivity contribution < 1.29 is 55.2 Å². The molecule has 2 saturated carbocycles. The van der Waals surface area contributed by atoms with Gasteiger partial charge in [0.1, 0.15) is 36.1 Å². The summed E-state index contributed by atoms with van der Waals surface area (Å²) in [4.78, 5) is 0. The second-order valence-corrected chi connectivity index (χ2v) is 28.1. The van der Waals surface area contributed by atoms with Gasteiger partial charge in [-0.3, -0.25) is 0 Å². The molecule has 0 spiro atoms. The van der Waals surface area contributed by atoms with Gasteiger partial charge < -0.3 is 46.4 Å². The van der Waals surface area contributed by atoms with Gasteiger partial charge in [0.05, 0.1) is 64.8 Å². The lowest BCUT2D eigenvalue weighted by Crippen LogP contribution is -2.41. The Labute approximate surface area is 529 Å². The lowest BCUT2D eigenvalue weighted by Gasteiger charge is -2.32. The van der Waals surface area contributed by atoms with Crippen LogP contribution in [0.15, 0.2) is 111 Å². The largest absolute Gasteiger partial charge is 0.494 e. The number of aromatic nitrogens is 2. The van der Waals surface area contributed by atoms with Crippen molar-refractivity contribution in [3.63, 3.8) is 0 Å². The van der Waals surface area contributed by atoms with Gasteiger partial charge in [0, 0.05) is 38.2 Å². The molecule has 5 fully saturated rings. The van der Waals surface area contributed by atoms with E-state index in [1.54, 1.807) is 66.7 Å². The maximum Gasteiger partial charge on any atom is 0.494 e. The van der Waals surface area contributed by atoms with Crippen molar-refractivity contribution in [1.29, 1.82) is 0 Å². The Morgan fingerprint density at radius 1 is 0.488 bits per heavy atom. The van der Waals surface area contributed by atoms with Gasteiger partial charge in [-0.1, -0.05) is 121 Å². The zero-order valence-corrected chi connectivity index (χ0v) is 54.6. The van der Waals surface area contributed by atoms with Crippen LogP contribution in [0.2, 0.25) is 20.1 Å². The van der Waals surface area contributed by atoms with Gasteiger partial charge in [-0.05, 0) is 174 Å². The zero-order valence-electron chi connectivity index (χ0n) is 50.0. The van der Waals surface area contributed by atoms with Crippen molar-refractivity contribution in [2.45, 2.75) is 167 Å². The highest BCUT2D eigenvalue weighted by Crippen LogP contribution is 2.49. The summed E-state index contributed by atoms with van der Waals surface area (Å²) in [6, 6.07) is 28.4. The summed E-state index contributed by atoms with van der Waals surface area (Å²) in [7, 11) is -1.47. The average molecular weight is 1320 g/mol. The minimum atomic E-state index is -0.520. The maximum absolute atomic E-state index is 15.6. The molecule has 2 aromatic heterocycles. The molecule has 3 aliphatic heterocycles. The van der Waals surface area contributed by atoms with Crippen molar-refractivity contribution in [3.05, 3.63) is 156 Å². The van der Waals surface area contributed by atoms with Crippen LogP contribution in [-0.4, -0.2) is 65.1 Å². The molecule has 12 nitrogen and oxygen atoms in total. The maximum atomic E-state index is 15.6. The molecule has 86 heavy (non-hydrogen) atoms. The second kappa shape index (κ2) is 23.6. The fourth-order valence-electron chi connectivity index (χ4n) is 10.3. The van der Waals surface area contributed by atoms with Crippen LogP contribution in [0.1, 0.15) is 143 Å². The van der Waals surface area contributed by atoms with Crippen LogP contribution < -0.4 is 14.9 Å². The summed E-state index contributed by atoms with van der Waals surface area (Å²) in [6.45, 7) is 24.4. The van der Waals surface area contributed by atoms with E-state index in [9.17, 15) is 0 Å². The molecule has 3 saturated heterocycles. The summed E-state index contributed by atoms with van der Waals surface area (Å²) in [6.07, 6.45) is 4.06. The van der Waals surface area contributed by atoms with E-state index in [1.807, 2.05) is 113 Å². The molecule has 0 radical (unpaired) electrons. The standard InChI is InChI=1S/C29H27BCl2FNO4.C23H15BrCl2FNO2.C12H24B2O4/c1-28(2)29(3,4)38-30(37-28)18-11-12-19-17(14-18)10-13-23(25(19)33)35-15-20-26(34-36-27(20)16-8-9-16)24-21(31)6-5-7-22(24)32;24-14-7-8-15-13(10-14)6-9-19(21(15)27)29-11-16-22(28-30-23(16)12-4-5-12)20-17(25)2-1-3-18(20)26;1-9(2)10(3,4)16-13(15-9)14-17-11(5,6)12(7,8)18-14/h5-7,10-14,16H,8-9,15H2,1-4H3;1-3,6-10,12H,4-5,11H2;1-8H3. The SMILES string of the molecule is CC1(C)OB(B2OC(C)(C)C(C)(C)O2)OC1(C)C.CC1(C)OB(c2ccc3c(F)c(OCc4c(-c5c(Cl)cccc5Cl)noc4C4CC4)ccc3c2)OC1(C)C.Fc1c(OCc2c(-c3c(Cl)cccc3Cl)noc2C2CC2)ccc2cc(Br)ccc12. The third-order valence-corrected chi connectivity index (χ3v) is 19.5. The predicted molar refractivity (Wildman–Crippen MR) is 340 cm³/mol. The first-order valence-electron chi connectivity index (χ1n) is 28.7. The van der Waals surface area contributed by atoms with Crippen LogP contribution in [0.3, 0.4) is 0 Å². The van der Waals surface area contributed by atoms with E-state index in [-0.39, 0.29) is 53.0 Å². The lowest BCUT2D eigenvalue weighted by atomic mass is 9.49. The minimum absolute atomic E-state index is 0.0701. The molecule has 450 valence electrons. The Morgan fingerprint density at radius 3 is 1.23 bits per heavy atom. The summed E-state index contributed by atoms with van der Waals surface area (Å²) >= 11 is 29.1. The predicted octanol–water partition coefficient (Wildman–Crippen LogP) is 18.1. The van der Waals surface area contributed by atoms with Crippen LogP contribution in [0, 0.1) is 11.6 Å². The highest BCUT2D eigenvalue weighted by Gasteiger charge is 2.64. The molecule has 2 aliphatic carbocycles. The van der Waals surface area contributed by atoms with Gasteiger partial charge in [0.2, 0.25) is 0 Å². The summed E-state index contributed by atoms with van der Waals surface area (Å²) in [5.74, 6) is 1.53. The summed E-state index contributed by atoms with van der Waals surface area (Å²) in [5, 5.41) is 12.9. The molecular formula is C64H66B3BrCl4F2N2O10. The first-order valence-corrected chi connectivity index (χ1v) is 31.0. The molecule has 0 amide bonds. The highest BCUT2D eigenvalue weighted by atomic mass is 79.9. The molecule has 0 N–H and O–H groups in total. The Balaban J connectivity index is 0.000000143. The molecule has 8 aromatic rings. The third-order valence-electron chi connectivity index (χ3n) is 17.8. The average Bonchev–Trinajstić information content (AvgIpc) is 1.72. The van der Waals surface area contributed by atoms with E-state index < -0.39 is 44.0 Å². The quantitative estimate of drug-likeness (QED) is 0.108. The number of nitrogens with zero attached hydrogens (tertiary/aromatic N) is 2. The van der Waals surface area contributed by atoms with E-state index in [0.29, 0.717) is 59.3 Å². The van der Waals surface area contributed by atoms with Gasteiger partial charge in [-0.25, -0.2) is 8.78 Å². The number of rotatable bonds is 12. The fourth-order valence-corrected chi connectivity index (χ4v) is 11.8. The molecule has 5 aliphatic rings. The fraction of sp³-hybridized carbons (Fsp3) is 0.406. The monoisotopic (exact) mass is 1310 g/mol. The number of halogens is 7. The summed E-state index contributed by atoms with van der Waals surface area (Å²) < 4.78 is 91.0. The van der Waals surface area contributed by atoms with E-state index in [0.717, 1.165) is 69.0 Å². The number of benzene rings is 6. The molecule has 0 unspecified atom stereocenters. The van der Waals surface area contributed by atoms with Gasteiger partial charge in [-0.15, -0.1) is 0 Å². The van der Waals surface area contributed by atoms with Crippen molar-refractivity contribution >= 4 is 110 Å². The van der Waals surface area contributed by atoms with Crippen LogP contribution >= 0.6 is 62.3 Å². The molecule has 6 aromatic carbocycles. The molecule has 0 atom stereocenters. The first-order chi connectivity index (χ1) is 40.5. The van der Waals surface area contributed by atoms with Crippen LogP contribution in [0.4, 0.5) is 8.78 Å². The van der Waals surface area contributed by atoms with E-state index in [4.69, 9.17) is 92.8 Å². The molecule has 0 bridgehead atoms. The van der Waals surface area contributed by atoms with Gasteiger partial charge in [0.25, 0.3) is 0 Å². The van der Waals surface area contributed by atoms with Crippen LogP contribution in [-0.2, 0) is 41.1 Å². The number of hydrogen-bond donors (Lipinski definition) is 0. The molecular weight excluding hydrogens is 1250 g/mol. The molecule has 13 rings (SSSR count). The Kier molecular flexibility index (Phi) is 17.3.